The number of hydrogen-bond acceptors (Lipinski definition) is 5. The monoisotopic (exact) mass is 641 g/mol. The summed E-state index contributed by atoms with van der Waals surface area (Å²) in [7, 11) is 0. The molecule has 7 nitrogen and oxygen atoms in total. The highest BCUT2D eigenvalue weighted by Gasteiger charge is 2.52. The van der Waals surface area contributed by atoms with E-state index in [1.54, 1.807) is 0 Å². The minimum Gasteiger partial charge on any atom is -0.392 e. The molecule has 2 amide bonds. The fourth-order valence-electron chi connectivity index (χ4n) is 11.7. The van der Waals surface area contributed by atoms with Crippen molar-refractivity contribution in [3.05, 3.63) is 65.2 Å². The highest BCUT2D eigenvalue weighted by Crippen LogP contribution is 2.56. The molecule has 7 aliphatic rings. The number of anilines is 1. The van der Waals surface area contributed by atoms with Crippen molar-refractivity contribution in [3.63, 3.8) is 0 Å². The lowest BCUT2D eigenvalue weighted by Crippen LogP contribution is -2.60. The summed E-state index contributed by atoms with van der Waals surface area (Å²) in [6, 6.07) is 16.7. The molecule has 7 heteroatoms. The third kappa shape index (κ3) is 6.38. The molecule has 3 N–H and O–H groups in total. The first-order chi connectivity index (χ1) is 22.5. The fraction of sp³-hybridized carbons (Fsp3) is 0.675. The predicted molar refractivity (Wildman–Crippen MR) is 184 cm³/mol. The van der Waals surface area contributed by atoms with Gasteiger partial charge in [0.1, 0.15) is 0 Å². The SMILES string of the molecule is C[C@H]1[C@@H](CN2CC3(C)CC2CC(C)(C)C3)O[C@@H](c2ccc(NC(=O)NC34CC5CC(CC(C5)C3)C4)cc2)O[C@H]1c1ccc(CO)cc1. The van der Waals surface area contributed by atoms with Crippen LogP contribution in [0.2, 0.25) is 0 Å². The van der Waals surface area contributed by atoms with Crippen LogP contribution in [-0.4, -0.2) is 46.8 Å². The second-order valence-corrected chi connectivity index (χ2v) is 17.9. The van der Waals surface area contributed by atoms with Crippen LogP contribution in [0.1, 0.15) is 115 Å². The molecule has 7 fully saturated rings. The standard InChI is InChI=1S/C40H55N3O4/c1-25-34(21-43-24-39(4)20-33(43)19-38(2,3)23-39)46-36(47-35(25)30-7-5-26(22-44)6-8-30)31-9-11-32(12-10-31)41-37(45)42-40-16-27-13-28(17-40)15-29(14-27)18-40/h5-12,25,27-29,33-36,44H,13-24H2,1-4H3,(H2,41,42,45)/t25-,27?,28?,29?,33?,34+,35+,36+,39?,40?/m0/s1. The Bertz CT molecular complexity index is 1420. The maximum atomic E-state index is 13.2. The van der Waals surface area contributed by atoms with Gasteiger partial charge in [-0.3, -0.25) is 4.90 Å². The second kappa shape index (κ2) is 11.9. The van der Waals surface area contributed by atoms with Crippen LogP contribution in [0.15, 0.2) is 48.5 Å². The highest BCUT2D eigenvalue weighted by molar-refractivity contribution is 5.89. The first-order valence-electron chi connectivity index (χ1n) is 18.4. The quantitative estimate of drug-likeness (QED) is 0.286. The summed E-state index contributed by atoms with van der Waals surface area (Å²) in [5.41, 5.74) is 4.48. The molecule has 9 rings (SSSR count). The van der Waals surface area contributed by atoms with Gasteiger partial charge in [-0.05, 0) is 110 Å². The third-order valence-corrected chi connectivity index (χ3v) is 12.9. The summed E-state index contributed by atoms with van der Waals surface area (Å²) in [4.78, 5) is 15.9. The van der Waals surface area contributed by atoms with Crippen molar-refractivity contribution in [1.82, 2.24) is 10.2 Å². The number of urea groups is 1. The smallest absolute Gasteiger partial charge is 0.319 e. The Morgan fingerprint density at radius 1 is 0.872 bits per heavy atom. The minimum atomic E-state index is -0.511. The molecule has 2 saturated heterocycles. The molecule has 47 heavy (non-hydrogen) atoms. The minimum absolute atomic E-state index is 0.00573. The van der Waals surface area contributed by atoms with Gasteiger partial charge in [0, 0.05) is 41.8 Å². The number of rotatable bonds is 7. The van der Waals surface area contributed by atoms with Gasteiger partial charge in [-0.15, -0.1) is 0 Å². The number of nitrogens with zero attached hydrogens (tertiary/aromatic N) is 1. The van der Waals surface area contributed by atoms with Crippen molar-refractivity contribution in [2.75, 3.05) is 18.4 Å². The Hall–Kier alpha value is -2.45. The Balaban J connectivity index is 0.977. The van der Waals surface area contributed by atoms with Gasteiger partial charge >= 0.3 is 6.03 Å². The number of benzene rings is 2. The van der Waals surface area contributed by atoms with E-state index in [0.717, 1.165) is 72.5 Å². The summed E-state index contributed by atoms with van der Waals surface area (Å²) in [6.07, 6.45) is 10.6. The Kier molecular flexibility index (Phi) is 8.02. The predicted octanol–water partition coefficient (Wildman–Crippen LogP) is 7.96. The average Bonchev–Trinajstić information content (AvgIpc) is 3.24. The maximum absolute atomic E-state index is 13.2. The number of fused-ring (bicyclic) bond motifs is 2. The van der Waals surface area contributed by atoms with Crippen LogP contribution in [0, 0.1) is 34.5 Å². The number of hydrogen-bond donors (Lipinski definition) is 3. The summed E-state index contributed by atoms with van der Waals surface area (Å²) >= 11 is 0. The molecule has 6 atom stereocenters. The number of nitrogens with one attached hydrogen (secondary N) is 2. The van der Waals surface area contributed by atoms with Crippen LogP contribution >= 0.6 is 0 Å². The molecule has 2 aromatic rings. The molecule has 5 aliphatic carbocycles. The van der Waals surface area contributed by atoms with Crippen LogP contribution in [0.5, 0.6) is 0 Å². The second-order valence-electron chi connectivity index (χ2n) is 17.9. The molecule has 254 valence electrons. The van der Waals surface area contributed by atoms with Crippen LogP contribution < -0.4 is 10.6 Å². The normalized spacial score (nSPS) is 40.4. The number of carbonyl (C=O) groups is 1. The van der Waals surface area contributed by atoms with Gasteiger partial charge < -0.3 is 25.2 Å². The van der Waals surface area contributed by atoms with Gasteiger partial charge in [-0.1, -0.05) is 64.1 Å². The van der Waals surface area contributed by atoms with Crippen LogP contribution in [0.25, 0.3) is 0 Å². The van der Waals surface area contributed by atoms with E-state index in [9.17, 15) is 9.90 Å². The zero-order valence-electron chi connectivity index (χ0n) is 28.8. The van der Waals surface area contributed by atoms with Crippen molar-refractivity contribution < 1.29 is 19.4 Å². The number of likely N-dealkylation sites (tertiary alicyclic amines) is 1. The van der Waals surface area contributed by atoms with Gasteiger partial charge in [-0.2, -0.15) is 0 Å². The molecule has 5 saturated carbocycles. The molecule has 0 radical (unpaired) electrons. The lowest BCUT2D eigenvalue weighted by atomic mass is 9.53. The van der Waals surface area contributed by atoms with E-state index in [0.29, 0.717) is 16.9 Å². The van der Waals surface area contributed by atoms with Crippen molar-refractivity contribution in [1.29, 1.82) is 0 Å². The molecule has 0 spiro atoms. The van der Waals surface area contributed by atoms with Gasteiger partial charge in [0.25, 0.3) is 0 Å². The number of aliphatic hydroxyl groups is 1. The molecule has 0 aromatic heterocycles. The Morgan fingerprint density at radius 3 is 2.15 bits per heavy atom. The van der Waals surface area contributed by atoms with E-state index in [1.807, 2.05) is 36.4 Å². The summed E-state index contributed by atoms with van der Waals surface area (Å²) < 4.78 is 13.6. The zero-order valence-corrected chi connectivity index (χ0v) is 28.8. The van der Waals surface area contributed by atoms with Crippen molar-refractivity contribution in [2.24, 2.45) is 34.5 Å². The molecule has 2 aliphatic heterocycles. The number of aliphatic hydroxyl groups excluding tert-OH is 1. The van der Waals surface area contributed by atoms with Crippen molar-refractivity contribution in [2.45, 2.75) is 122 Å². The number of amides is 2. The van der Waals surface area contributed by atoms with E-state index in [1.165, 1.54) is 38.5 Å². The summed E-state index contributed by atoms with van der Waals surface area (Å²) in [5.74, 6) is 2.53. The summed E-state index contributed by atoms with van der Waals surface area (Å²) in [5, 5.41) is 16.2. The number of carbonyl (C=O) groups excluding carboxylic acids is 1. The molecule has 2 heterocycles. The Morgan fingerprint density at radius 2 is 1.51 bits per heavy atom. The maximum Gasteiger partial charge on any atom is 0.319 e. The van der Waals surface area contributed by atoms with E-state index in [4.69, 9.17) is 9.47 Å². The van der Waals surface area contributed by atoms with Crippen LogP contribution in [0.3, 0.4) is 0 Å². The fourth-order valence-corrected chi connectivity index (χ4v) is 11.7. The lowest BCUT2D eigenvalue weighted by Gasteiger charge is -2.56. The van der Waals surface area contributed by atoms with Gasteiger partial charge in [-0.25, -0.2) is 4.79 Å². The first kappa shape index (κ1) is 31.8. The van der Waals surface area contributed by atoms with E-state index < -0.39 is 6.29 Å². The third-order valence-electron chi connectivity index (χ3n) is 12.9. The van der Waals surface area contributed by atoms with Gasteiger partial charge in [0.05, 0.1) is 18.8 Å². The van der Waals surface area contributed by atoms with Crippen LogP contribution in [-0.2, 0) is 16.1 Å². The number of ether oxygens (including phenoxy) is 2. The highest BCUT2D eigenvalue weighted by atomic mass is 16.7. The first-order valence-corrected chi connectivity index (χ1v) is 18.4. The average molecular weight is 642 g/mol. The molecular weight excluding hydrogens is 586 g/mol. The molecule has 2 aromatic carbocycles. The topological polar surface area (TPSA) is 83.1 Å². The summed E-state index contributed by atoms with van der Waals surface area (Å²) in [6.45, 7) is 11.6. The van der Waals surface area contributed by atoms with E-state index >= 15 is 0 Å². The van der Waals surface area contributed by atoms with Crippen LogP contribution in [0.4, 0.5) is 10.5 Å². The van der Waals surface area contributed by atoms with Gasteiger partial charge in [0.2, 0.25) is 0 Å². The molecular formula is C40H55N3O4. The molecule has 6 bridgehead atoms. The van der Waals surface area contributed by atoms with Gasteiger partial charge in [0.15, 0.2) is 6.29 Å². The largest absolute Gasteiger partial charge is 0.392 e. The van der Waals surface area contributed by atoms with Crippen molar-refractivity contribution >= 4 is 11.7 Å². The molecule has 2 unspecified atom stereocenters. The van der Waals surface area contributed by atoms with Crippen molar-refractivity contribution in [3.8, 4) is 0 Å². The zero-order chi connectivity index (χ0) is 32.6. The van der Waals surface area contributed by atoms with E-state index in [2.05, 4.69) is 55.4 Å². The van der Waals surface area contributed by atoms with E-state index in [-0.39, 0.29) is 36.3 Å². The Labute approximate surface area is 281 Å². The lowest BCUT2D eigenvalue weighted by molar-refractivity contribution is -0.276.